The molecule has 0 fully saturated rings. The fraction of sp³-hybridized carbons (Fsp3) is 0.294. The van der Waals surface area contributed by atoms with Crippen molar-refractivity contribution in [2.75, 3.05) is 6.54 Å². The summed E-state index contributed by atoms with van der Waals surface area (Å²) in [6, 6.07) is 16.8. The molecule has 22 heavy (non-hydrogen) atoms. The van der Waals surface area contributed by atoms with Crippen LogP contribution in [0.15, 0.2) is 54.6 Å². The van der Waals surface area contributed by atoms with Gasteiger partial charge in [0.05, 0.1) is 0 Å². The Morgan fingerprint density at radius 2 is 1.59 bits per heavy atom. The van der Waals surface area contributed by atoms with Crippen LogP contribution in [0.4, 0.5) is 0 Å². The summed E-state index contributed by atoms with van der Waals surface area (Å²) in [5, 5.41) is 29.0. The molecule has 116 valence electrons. The lowest BCUT2D eigenvalue weighted by molar-refractivity contribution is 0.147. The first kappa shape index (κ1) is 16.6. The minimum Gasteiger partial charge on any atom is -0.508 e. The Labute approximate surface area is 131 Å². The molecule has 0 aliphatic carbocycles. The lowest BCUT2D eigenvalue weighted by Gasteiger charge is -2.41. The second kappa shape index (κ2) is 6.96. The van der Waals surface area contributed by atoms with Crippen molar-refractivity contribution >= 4 is 7.25 Å². The monoisotopic (exact) mass is 299 g/mol. The molecule has 2 rings (SSSR count). The summed E-state index contributed by atoms with van der Waals surface area (Å²) in [5.41, 5.74) is 1.46. The molecule has 1 atom stereocenters. The predicted molar refractivity (Wildman–Crippen MR) is 88.2 cm³/mol. The molecule has 0 heterocycles. The van der Waals surface area contributed by atoms with E-state index in [0.29, 0.717) is 13.0 Å². The molecular weight excluding hydrogens is 277 g/mol. The predicted octanol–water partition coefficient (Wildman–Crippen LogP) is 2.14. The minimum atomic E-state index is -1.53. The van der Waals surface area contributed by atoms with E-state index in [1.165, 1.54) is 0 Å². The summed E-state index contributed by atoms with van der Waals surface area (Å²) in [7, 11) is -1.53. The van der Waals surface area contributed by atoms with Gasteiger partial charge in [0.15, 0.2) is 0 Å². The van der Waals surface area contributed by atoms with Crippen LogP contribution >= 0.6 is 0 Å². The standard InChI is InChI=1S/C17H22BNO3/c1-3-19(18(21)22)17(2,15-7-5-4-6-8-15)13-14-9-11-16(20)12-10-14/h4-12,20-22H,3,13H2,1-2H3/t17-/m1/s1. The average Bonchev–Trinajstić information content (AvgIpc) is 2.51. The quantitative estimate of drug-likeness (QED) is 0.715. The molecule has 2 aromatic carbocycles. The van der Waals surface area contributed by atoms with E-state index in [2.05, 4.69) is 0 Å². The van der Waals surface area contributed by atoms with Crippen molar-refractivity contribution in [3.63, 3.8) is 0 Å². The topological polar surface area (TPSA) is 63.9 Å². The fourth-order valence-electron chi connectivity index (χ4n) is 2.95. The van der Waals surface area contributed by atoms with Gasteiger partial charge in [-0.3, -0.25) is 4.81 Å². The van der Waals surface area contributed by atoms with Crippen LogP contribution in [-0.2, 0) is 12.0 Å². The van der Waals surface area contributed by atoms with Gasteiger partial charge in [-0.2, -0.15) is 0 Å². The van der Waals surface area contributed by atoms with E-state index in [9.17, 15) is 15.2 Å². The molecule has 0 aliphatic heterocycles. The van der Waals surface area contributed by atoms with Crippen molar-refractivity contribution in [2.45, 2.75) is 25.8 Å². The van der Waals surface area contributed by atoms with E-state index >= 15 is 0 Å². The van der Waals surface area contributed by atoms with Gasteiger partial charge in [0.1, 0.15) is 5.75 Å². The lowest BCUT2D eigenvalue weighted by atomic mass is 9.79. The molecule has 4 nitrogen and oxygen atoms in total. The Balaban J connectivity index is 2.43. The first-order valence-corrected chi connectivity index (χ1v) is 7.43. The van der Waals surface area contributed by atoms with Crippen LogP contribution in [0.3, 0.4) is 0 Å². The highest BCUT2D eigenvalue weighted by Gasteiger charge is 2.38. The number of phenols is 1. The van der Waals surface area contributed by atoms with Gasteiger partial charge in [-0.05, 0) is 43.1 Å². The summed E-state index contributed by atoms with van der Waals surface area (Å²) in [6.07, 6.45) is 0.600. The third kappa shape index (κ3) is 3.50. The Kier molecular flexibility index (Phi) is 5.24. The van der Waals surface area contributed by atoms with Gasteiger partial charge in [0.2, 0.25) is 0 Å². The van der Waals surface area contributed by atoms with Gasteiger partial charge < -0.3 is 15.2 Å². The van der Waals surface area contributed by atoms with Crippen molar-refractivity contribution in [1.82, 2.24) is 4.81 Å². The average molecular weight is 299 g/mol. The van der Waals surface area contributed by atoms with Crippen LogP contribution < -0.4 is 0 Å². The number of benzene rings is 2. The Hall–Kier alpha value is -1.82. The molecule has 5 heteroatoms. The van der Waals surface area contributed by atoms with E-state index in [0.717, 1.165) is 11.1 Å². The van der Waals surface area contributed by atoms with E-state index in [1.54, 1.807) is 16.9 Å². The maximum absolute atomic E-state index is 9.77. The maximum atomic E-state index is 9.77. The molecule has 3 N–H and O–H groups in total. The second-order valence-electron chi connectivity index (χ2n) is 5.62. The summed E-state index contributed by atoms with van der Waals surface area (Å²) < 4.78 is 0. The van der Waals surface area contributed by atoms with E-state index < -0.39 is 12.8 Å². The van der Waals surface area contributed by atoms with Gasteiger partial charge in [-0.15, -0.1) is 0 Å². The number of nitrogens with zero attached hydrogens (tertiary/aromatic N) is 1. The van der Waals surface area contributed by atoms with Crippen LogP contribution in [0, 0.1) is 0 Å². The number of hydrogen-bond acceptors (Lipinski definition) is 4. The van der Waals surface area contributed by atoms with Crippen LogP contribution in [0.25, 0.3) is 0 Å². The molecule has 0 saturated carbocycles. The van der Waals surface area contributed by atoms with Gasteiger partial charge in [-0.1, -0.05) is 49.4 Å². The summed E-state index contributed by atoms with van der Waals surface area (Å²) in [4.78, 5) is 1.65. The molecule has 0 spiro atoms. The second-order valence-corrected chi connectivity index (χ2v) is 5.62. The van der Waals surface area contributed by atoms with Crippen molar-refractivity contribution in [1.29, 1.82) is 0 Å². The first-order chi connectivity index (χ1) is 10.5. The van der Waals surface area contributed by atoms with Gasteiger partial charge in [0.25, 0.3) is 0 Å². The van der Waals surface area contributed by atoms with Crippen molar-refractivity contribution in [2.24, 2.45) is 0 Å². The minimum absolute atomic E-state index is 0.222. The van der Waals surface area contributed by atoms with Crippen LogP contribution in [0.5, 0.6) is 5.75 Å². The molecule has 0 bridgehead atoms. The van der Waals surface area contributed by atoms with Gasteiger partial charge in [-0.25, -0.2) is 0 Å². The third-order valence-corrected chi connectivity index (χ3v) is 4.13. The highest BCUT2D eigenvalue weighted by Crippen LogP contribution is 2.32. The van der Waals surface area contributed by atoms with E-state index in [-0.39, 0.29) is 5.75 Å². The fourth-order valence-corrected chi connectivity index (χ4v) is 2.95. The number of hydrogen-bond donors (Lipinski definition) is 3. The number of rotatable bonds is 6. The molecular formula is C17H22BNO3. The number of likely N-dealkylation sites (N-methyl/N-ethyl adjacent to an activating group) is 1. The molecule has 0 saturated heterocycles. The van der Waals surface area contributed by atoms with Crippen molar-refractivity contribution in [3.8, 4) is 5.75 Å². The smallest absolute Gasteiger partial charge is 0.508 e. The van der Waals surface area contributed by atoms with Crippen molar-refractivity contribution < 1.29 is 15.2 Å². The van der Waals surface area contributed by atoms with E-state index in [1.807, 2.05) is 56.3 Å². The lowest BCUT2D eigenvalue weighted by Crippen LogP contribution is -2.53. The normalized spacial score (nSPS) is 13.9. The summed E-state index contributed by atoms with van der Waals surface area (Å²) in [6.45, 7) is 4.40. The zero-order valence-corrected chi connectivity index (χ0v) is 13.0. The molecule has 2 aromatic rings. The molecule has 0 aromatic heterocycles. The third-order valence-electron chi connectivity index (χ3n) is 4.13. The number of aromatic hydroxyl groups is 1. The van der Waals surface area contributed by atoms with Crippen LogP contribution in [0.1, 0.15) is 25.0 Å². The molecule has 0 aliphatic rings. The van der Waals surface area contributed by atoms with Gasteiger partial charge >= 0.3 is 7.25 Å². The van der Waals surface area contributed by atoms with Crippen LogP contribution in [0.2, 0.25) is 0 Å². The summed E-state index contributed by atoms with van der Waals surface area (Å²) in [5.74, 6) is 0.222. The van der Waals surface area contributed by atoms with Gasteiger partial charge in [0, 0.05) is 5.54 Å². The highest BCUT2D eigenvalue weighted by atomic mass is 16.4. The largest absolute Gasteiger partial charge is 0.552 e. The molecule has 0 amide bonds. The number of phenolic OH excluding ortho intramolecular Hbond substituents is 1. The summed E-state index contributed by atoms with van der Waals surface area (Å²) >= 11 is 0. The van der Waals surface area contributed by atoms with Crippen LogP contribution in [-0.4, -0.2) is 33.8 Å². The zero-order chi connectivity index (χ0) is 16.2. The maximum Gasteiger partial charge on any atom is 0.552 e. The molecule has 0 radical (unpaired) electrons. The molecule has 0 unspecified atom stereocenters. The highest BCUT2D eigenvalue weighted by molar-refractivity contribution is 6.37. The van der Waals surface area contributed by atoms with Crippen molar-refractivity contribution in [3.05, 3.63) is 65.7 Å². The van der Waals surface area contributed by atoms with E-state index in [4.69, 9.17) is 0 Å². The SMILES string of the molecule is CCN(B(O)O)[C@](C)(Cc1ccc(O)cc1)c1ccccc1. The zero-order valence-electron chi connectivity index (χ0n) is 13.0. The Bertz CT molecular complexity index is 589. The Morgan fingerprint density at radius 3 is 2.09 bits per heavy atom. The Morgan fingerprint density at radius 1 is 1.00 bits per heavy atom. The first-order valence-electron chi connectivity index (χ1n) is 7.43.